The van der Waals surface area contributed by atoms with Crippen LogP contribution in [-0.4, -0.2) is 40.6 Å². The lowest BCUT2D eigenvalue weighted by molar-refractivity contribution is -0.132. The topological polar surface area (TPSA) is 47.4 Å². The van der Waals surface area contributed by atoms with Gasteiger partial charge in [0, 0.05) is 31.9 Å². The number of hydrogen-bond donors (Lipinski definition) is 0. The summed E-state index contributed by atoms with van der Waals surface area (Å²) in [5.41, 5.74) is 1.25. The lowest BCUT2D eigenvalue weighted by atomic mass is 10.0. The van der Waals surface area contributed by atoms with Crippen LogP contribution in [0.15, 0.2) is 36.7 Å². The van der Waals surface area contributed by atoms with Crippen LogP contribution in [0.4, 0.5) is 0 Å². The first kappa shape index (κ1) is 17.5. The fourth-order valence-corrected chi connectivity index (χ4v) is 3.58. The minimum atomic E-state index is 0.274. The number of amides is 1. The molecule has 2 aromatic rings. The summed E-state index contributed by atoms with van der Waals surface area (Å²) in [4.78, 5) is 18.9. The summed E-state index contributed by atoms with van der Waals surface area (Å²) in [7, 11) is 1.67. The van der Waals surface area contributed by atoms with E-state index >= 15 is 0 Å². The van der Waals surface area contributed by atoms with E-state index in [-0.39, 0.29) is 5.91 Å². The van der Waals surface area contributed by atoms with Crippen molar-refractivity contribution in [2.45, 2.75) is 45.1 Å². The van der Waals surface area contributed by atoms with E-state index < -0.39 is 0 Å². The second-order valence-corrected chi connectivity index (χ2v) is 6.72. The fourth-order valence-electron chi connectivity index (χ4n) is 3.58. The number of nitrogens with zero attached hydrogens (tertiary/aromatic N) is 3. The second kappa shape index (κ2) is 8.19. The van der Waals surface area contributed by atoms with Crippen LogP contribution >= 0.6 is 0 Å². The molecule has 0 unspecified atom stereocenters. The molecule has 1 fully saturated rings. The lowest BCUT2D eigenvalue weighted by Crippen LogP contribution is -2.40. The van der Waals surface area contributed by atoms with Crippen molar-refractivity contribution < 1.29 is 9.53 Å². The predicted octanol–water partition coefficient (Wildman–Crippen LogP) is 3.39. The average Bonchev–Trinajstić information content (AvgIpc) is 3.08. The van der Waals surface area contributed by atoms with Gasteiger partial charge >= 0.3 is 0 Å². The molecule has 0 N–H and O–H groups in total. The third-order valence-electron chi connectivity index (χ3n) is 5.02. The summed E-state index contributed by atoms with van der Waals surface area (Å²) in [5.74, 6) is 2.17. The minimum absolute atomic E-state index is 0.274. The molecule has 0 spiro atoms. The molecule has 1 aliphatic heterocycles. The summed E-state index contributed by atoms with van der Waals surface area (Å²) >= 11 is 0. The van der Waals surface area contributed by atoms with Gasteiger partial charge < -0.3 is 14.2 Å². The quantitative estimate of drug-likeness (QED) is 0.809. The highest BCUT2D eigenvalue weighted by molar-refractivity contribution is 5.76. The maximum absolute atomic E-state index is 12.6. The maximum Gasteiger partial charge on any atom is 0.222 e. The van der Waals surface area contributed by atoms with Crippen molar-refractivity contribution in [3.63, 3.8) is 0 Å². The molecule has 0 saturated carbocycles. The first-order valence-corrected chi connectivity index (χ1v) is 9.07. The van der Waals surface area contributed by atoms with Gasteiger partial charge in [-0.05, 0) is 50.3 Å². The molecule has 5 heteroatoms. The van der Waals surface area contributed by atoms with E-state index in [4.69, 9.17) is 4.74 Å². The number of hydrogen-bond acceptors (Lipinski definition) is 3. The number of methoxy groups -OCH3 is 1. The number of imidazole rings is 1. The van der Waals surface area contributed by atoms with Crippen molar-refractivity contribution in [2.24, 2.45) is 0 Å². The van der Waals surface area contributed by atoms with Crippen LogP contribution < -0.4 is 4.74 Å². The van der Waals surface area contributed by atoms with E-state index in [2.05, 4.69) is 21.7 Å². The zero-order valence-corrected chi connectivity index (χ0v) is 15.1. The molecule has 5 nitrogen and oxygen atoms in total. The number of rotatable bonds is 6. The Hall–Kier alpha value is -2.30. The summed E-state index contributed by atoms with van der Waals surface area (Å²) in [5, 5.41) is 0. The minimum Gasteiger partial charge on any atom is -0.497 e. The van der Waals surface area contributed by atoms with Gasteiger partial charge in [-0.2, -0.15) is 0 Å². The fraction of sp³-hybridized carbons (Fsp3) is 0.500. The normalized spacial score (nSPS) is 17.5. The van der Waals surface area contributed by atoms with Gasteiger partial charge in [0.2, 0.25) is 5.91 Å². The van der Waals surface area contributed by atoms with E-state index in [0.29, 0.717) is 12.5 Å². The van der Waals surface area contributed by atoms with Gasteiger partial charge in [0.15, 0.2) is 0 Å². The van der Waals surface area contributed by atoms with Crippen LogP contribution in [-0.2, 0) is 11.2 Å². The molecule has 1 atom stereocenters. The standard InChI is InChI=1S/C20H27N3O2/c1-16-21-12-14-23(16)18-6-4-13-22(15-18)20(24)7-3-5-17-8-10-19(25-2)11-9-17/h8-12,14,18H,3-7,13,15H2,1-2H3/t18-/m1/s1. The molecule has 1 aromatic carbocycles. The highest BCUT2D eigenvalue weighted by Crippen LogP contribution is 2.23. The van der Waals surface area contributed by atoms with E-state index in [9.17, 15) is 4.79 Å². The van der Waals surface area contributed by atoms with Gasteiger partial charge in [-0.3, -0.25) is 4.79 Å². The van der Waals surface area contributed by atoms with Crippen molar-refractivity contribution in [2.75, 3.05) is 20.2 Å². The van der Waals surface area contributed by atoms with Gasteiger partial charge in [0.25, 0.3) is 0 Å². The summed E-state index contributed by atoms with van der Waals surface area (Å²) in [6.45, 7) is 3.71. The van der Waals surface area contributed by atoms with Crippen LogP contribution in [0.2, 0.25) is 0 Å². The molecule has 0 radical (unpaired) electrons. The van der Waals surface area contributed by atoms with Crippen LogP contribution in [0.5, 0.6) is 5.75 Å². The Morgan fingerprint density at radius 1 is 1.32 bits per heavy atom. The van der Waals surface area contributed by atoms with E-state index in [1.807, 2.05) is 36.4 Å². The SMILES string of the molecule is COc1ccc(CCCC(=O)N2CCC[C@@H](n3ccnc3C)C2)cc1. The second-order valence-electron chi connectivity index (χ2n) is 6.72. The zero-order valence-electron chi connectivity index (χ0n) is 15.1. The number of ether oxygens (including phenoxy) is 1. The van der Waals surface area contributed by atoms with Crippen molar-refractivity contribution in [1.29, 1.82) is 0 Å². The number of piperidine rings is 1. The number of carbonyl (C=O) groups excluding carboxylic acids is 1. The molecule has 0 bridgehead atoms. The average molecular weight is 341 g/mol. The Bertz CT molecular complexity index is 693. The van der Waals surface area contributed by atoms with Gasteiger partial charge in [-0.25, -0.2) is 4.98 Å². The molecule has 1 saturated heterocycles. The Kier molecular flexibility index (Phi) is 5.74. The van der Waals surface area contributed by atoms with Crippen LogP contribution in [0.25, 0.3) is 0 Å². The Labute approximate surface area is 149 Å². The molecule has 1 aromatic heterocycles. The molecule has 1 amide bonds. The molecule has 2 heterocycles. The monoisotopic (exact) mass is 341 g/mol. The maximum atomic E-state index is 12.6. The van der Waals surface area contributed by atoms with Crippen molar-refractivity contribution >= 4 is 5.91 Å². The smallest absolute Gasteiger partial charge is 0.222 e. The Balaban J connectivity index is 1.48. The first-order valence-electron chi connectivity index (χ1n) is 9.07. The molecule has 0 aliphatic carbocycles. The summed E-state index contributed by atoms with van der Waals surface area (Å²) < 4.78 is 7.38. The Morgan fingerprint density at radius 3 is 2.80 bits per heavy atom. The van der Waals surface area contributed by atoms with Crippen molar-refractivity contribution in [3.05, 3.63) is 48.0 Å². The van der Waals surface area contributed by atoms with Gasteiger partial charge in [-0.15, -0.1) is 0 Å². The van der Waals surface area contributed by atoms with Crippen LogP contribution in [0, 0.1) is 6.92 Å². The molecular formula is C20H27N3O2. The first-order chi connectivity index (χ1) is 12.2. The zero-order chi connectivity index (χ0) is 17.6. The molecule has 1 aliphatic rings. The largest absolute Gasteiger partial charge is 0.497 e. The number of benzene rings is 1. The van der Waals surface area contributed by atoms with Crippen molar-refractivity contribution in [1.82, 2.24) is 14.5 Å². The highest BCUT2D eigenvalue weighted by atomic mass is 16.5. The highest BCUT2D eigenvalue weighted by Gasteiger charge is 2.24. The van der Waals surface area contributed by atoms with Gasteiger partial charge in [0.05, 0.1) is 13.2 Å². The lowest BCUT2D eigenvalue weighted by Gasteiger charge is -2.34. The number of likely N-dealkylation sites (tertiary alicyclic amines) is 1. The molecule has 3 rings (SSSR count). The summed E-state index contributed by atoms with van der Waals surface area (Å²) in [6.07, 6.45) is 8.47. The molecular weight excluding hydrogens is 314 g/mol. The molecule has 25 heavy (non-hydrogen) atoms. The number of aryl methyl sites for hydroxylation is 2. The van der Waals surface area contributed by atoms with Gasteiger partial charge in [0.1, 0.15) is 11.6 Å². The van der Waals surface area contributed by atoms with E-state index in [1.165, 1.54) is 5.56 Å². The molecule has 134 valence electrons. The van der Waals surface area contributed by atoms with E-state index in [0.717, 1.165) is 50.3 Å². The third kappa shape index (κ3) is 4.41. The number of aromatic nitrogens is 2. The van der Waals surface area contributed by atoms with Gasteiger partial charge in [-0.1, -0.05) is 12.1 Å². The van der Waals surface area contributed by atoms with Crippen molar-refractivity contribution in [3.8, 4) is 5.75 Å². The van der Waals surface area contributed by atoms with Crippen LogP contribution in [0.3, 0.4) is 0 Å². The van der Waals surface area contributed by atoms with E-state index in [1.54, 1.807) is 7.11 Å². The summed E-state index contributed by atoms with van der Waals surface area (Å²) in [6, 6.07) is 8.45. The van der Waals surface area contributed by atoms with Crippen LogP contribution in [0.1, 0.15) is 43.1 Å². The Morgan fingerprint density at radius 2 is 2.12 bits per heavy atom. The third-order valence-corrected chi connectivity index (χ3v) is 5.02. The predicted molar refractivity (Wildman–Crippen MR) is 97.7 cm³/mol. The number of carbonyl (C=O) groups is 1.